The lowest BCUT2D eigenvalue weighted by atomic mass is 10.2. The molecule has 0 unspecified atom stereocenters. The molecule has 0 aromatic heterocycles. The molecule has 0 spiro atoms. The van der Waals surface area contributed by atoms with Gasteiger partial charge < -0.3 is 10.6 Å². The average Bonchev–Trinajstić information content (AvgIpc) is 2.32. The SMILES string of the molecule is CCCNCCNC(=O)c1ccc(Cl)c(Br)c1. The van der Waals surface area contributed by atoms with E-state index in [4.69, 9.17) is 11.6 Å². The van der Waals surface area contributed by atoms with Gasteiger partial charge in [0.2, 0.25) is 0 Å². The molecule has 1 aromatic carbocycles. The van der Waals surface area contributed by atoms with E-state index in [0.717, 1.165) is 24.0 Å². The van der Waals surface area contributed by atoms with E-state index in [-0.39, 0.29) is 5.91 Å². The summed E-state index contributed by atoms with van der Waals surface area (Å²) in [6.45, 7) is 4.49. The van der Waals surface area contributed by atoms with Crippen LogP contribution in [0.15, 0.2) is 22.7 Å². The standard InChI is InChI=1S/C12H16BrClN2O/c1-2-5-15-6-7-16-12(17)9-3-4-11(14)10(13)8-9/h3-4,8,15H,2,5-7H2,1H3,(H,16,17). The number of hydrogen-bond acceptors (Lipinski definition) is 2. The summed E-state index contributed by atoms with van der Waals surface area (Å²) in [6, 6.07) is 5.13. The molecule has 0 atom stereocenters. The first-order valence-electron chi connectivity index (χ1n) is 5.59. The maximum Gasteiger partial charge on any atom is 0.251 e. The lowest BCUT2D eigenvalue weighted by Crippen LogP contribution is -2.32. The Kier molecular flexibility index (Phi) is 6.55. The van der Waals surface area contributed by atoms with E-state index in [0.29, 0.717) is 17.1 Å². The van der Waals surface area contributed by atoms with Gasteiger partial charge in [0, 0.05) is 23.1 Å². The van der Waals surface area contributed by atoms with E-state index in [9.17, 15) is 4.79 Å². The average molecular weight is 320 g/mol. The lowest BCUT2D eigenvalue weighted by Gasteiger charge is -2.06. The molecule has 0 saturated heterocycles. The van der Waals surface area contributed by atoms with Crippen LogP contribution in [0.1, 0.15) is 23.7 Å². The number of nitrogens with one attached hydrogen (secondary N) is 2. The van der Waals surface area contributed by atoms with Gasteiger partial charge in [0.05, 0.1) is 5.02 Å². The van der Waals surface area contributed by atoms with Gasteiger partial charge in [-0.25, -0.2) is 0 Å². The molecule has 3 nitrogen and oxygen atoms in total. The van der Waals surface area contributed by atoms with Crippen molar-refractivity contribution in [2.45, 2.75) is 13.3 Å². The summed E-state index contributed by atoms with van der Waals surface area (Å²) in [5, 5.41) is 6.66. The molecule has 0 fully saturated rings. The van der Waals surface area contributed by atoms with Crippen LogP contribution in [0, 0.1) is 0 Å². The van der Waals surface area contributed by atoms with Crippen molar-refractivity contribution in [1.29, 1.82) is 0 Å². The van der Waals surface area contributed by atoms with E-state index in [1.807, 2.05) is 0 Å². The summed E-state index contributed by atoms with van der Waals surface area (Å²) in [5.41, 5.74) is 0.608. The number of rotatable bonds is 6. The number of carbonyl (C=O) groups is 1. The minimum absolute atomic E-state index is 0.0827. The Hall–Kier alpha value is -0.580. The highest BCUT2D eigenvalue weighted by Crippen LogP contribution is 2.22. The van der Waals surface area contributed by atoms with Crippen LogP contribution in [0.2, 0.25) is 5.02 Å². The summed E-state index contributed by atoms with van der Waals surface area (Å²) in [4.78, 5) is 11.7. The van der Waals surface area contributed by atoms with Gasteiger partial charge in [-0.2, -0.15) is 0 Å². The van der Waals surface area contributed by atoms with Crippen molar-refractivity contribution in [3.8, 4) is 0 Å². The minimum Gasteiger partial charge on any atom is -0.351 e. The third-order valence-corrected chi connectivity index (χ3v) is 3.41. The zero-order valence-electron chi connectivity index (χ0n) is 9.72. The molecule has 0 saturated carbocycles. The van der Waals surface area contributed by atoms with E-state index in [1.54, 1.807) is 18.2 Å². The number of hydrogen-bond donors (Lipinski definition) is 2. The second-order valence-electron chi connectivity index (χ2n) is 3.63. The van der Waals surface area contributed by atoms with Crippen LogP contribution in [-0.4, -0.2) is 25.5 Å². The maximum absolute atomic E-state index is 11.7. The van der Waals surface area contributed by atoms with Crippen LogP contribution >= 0.6 is 27.5 Å². The van der Waals surface area contributed by atoms with E-state index < -0.39 is 0 Å². The fraction of sp³-hybridized carbons (Fsp3) is 0.417. The van der Waals surface area contributed by atoms with Crippen molar-refractivity contribution < 1.29 is 4.79 Å². The molecule has 0 aliphatic heterocycles. The molecule has 0 heterocycles. The number of benzene rings is 1. The van der Waals surface area contributed by atoms with Crippen LogP contribution in [0.5, 0.6) is 0 Å². The molecular weight excluding hydrogens is 304 g/mol. The van der Waals surface area contributed by atoms with Crippen LogP contribution in [-0.2, 0) is 0 Å². The highest BCUT2D eigenvalue weighted by molar-refractivity contribution is 9.10. The second-order valence-corrected chi connectivity index (χ2v) is 4.90. The van der Waals surface area contributed by atoms with Gasteiger partial charge in [0.25, 0.3) is 5.91 Å². The molecule has 5 heteroatoms. The predicted octanol–water partition coefficient (Wildman–Crippen LogP) is 2.83. The van der Waals surface area contributed by atoms with Crippen molar-refractivity contribution >= 4 is 33.4 Å². The first-order chi connectivity index (χ1) is 8.15. The molecule has 1 aromatic rings. The van der Waals surface area contributed by atoms with Gasteiger partial charge in [-0.1, -0.05) is 18.5 Å². The molecule has 1 rings (SSSR count). The quantitative estimate of drug-likeness (QED) is 0.792. The topological polar surface area (TPSA) is 41.1 Å². The Bertz CT molecular complexity index is 385. The molecule has 94 valence electrons. The normalized spacial score (nSPS) is 10.3. The largest absolute Gasteiger partial charge is 0.351 e. The van der Waals surface area contributed by atoms with Crippen molar-refractivity contribution in [3.63, 3.8) is 0 Å². The highest BCUT2D eigenvalue weighted by atomic mass is 79.9. The molecule has 0 bridgehead atoms. The van der Waals surface area contributed by atoms with Gasteiger partial charge in [-0.3, -0.25) is 4.79 Å². The third kappa shape index (κ3) is 5.06. The molecule has 0 aliphatic carbocycles. The Morgan fingerprint density at radius 1 is 1.35 bits per heavy atom. The lowest BCUT2D eigenvalue weighted by molar-refractivity contribution is 0.0954. The third-order valence-electron chi connectivity index (χ3n) is 2.20. The molecule has 17 heavy (non-hydrogen) atoms. The van der Waals surface area contributed by atoms with Gasteiger partial charge >= 0.3 is 0 Å². The first-order valence-corrected chi connectivity index (χ1v) is 6.76. The Balaban J connectivity index is 2.39. The Morgan fingerprint density at radius 2 is 2.12 bits per heavy atom. The fourth-order valence-electron chi connectivity index (χ4n) is 1.31. The van der Waals surface area contributed by atoms with Crippen LogP contribution in [0.3, 0.4) is 0 Å². The van der Waals surface area contributed by atoms with Crippen molar-refractivity contribution in [2.24, 2.45) is 0 Å². The zero-order valence-corrected chi connectivity index (χ0v) is 12.1. The molecule has 1 amide bonds. The van der Waals surface area contributed by atoms with E-state index in [1.165, 1.54) is 0 Å². The summed E-state index contributed by atoms with van der Waals surface area (Å²) in [7, 11) is 0. The summed E-state index contributed by atoms with van der Waals surface area (Å²) in [5.74, 6) is -0.0827. The van der Waals surface area contributed by atoms with E-state index >= 15 is 0 Å². The van der Waals surface area contributed by atoms with E-state index in [2.05, 4.69) is 33.5 Å². The number of carbonyl (C=O) groups excluding carboxylic acids is 1. The van der Waals surface area contributed by atoms with Gasteiger partial charge in [-0.15, -0.1) is 0 Å². The predicted molar refractivity (Wildman–Crippen MR) is 74.6 cm³/mol. The summed E-state index contributed by atoms with van der Waals surface area (Å²) >= 11 is 9.15. The Labute approximate surface area is 115 Å². The minimum atomic E-state index is -0.0827. The monoisotopic (exact) mass is 318 g/mol. The van der Waals surface area contributed by atoms with Gasteiger partial charge in [0.1, 0.15) is 0 Å². The molecular formula is C12H16BrClN2O. The van der Waals surface area contributed by atoms with Gasteiger partial charge in [-0.05, 0) is 47.1 Å². The summed E-state index contributed by atoms with van der Waals surface area (Å²) < 4.78 is 0.732. The second kappa shape index (κ2) is 7.69. The van der Waals surface area contributed by atoms with Crippen molar-refractivity contribution in [1.82, 2.24) is 10.6 Å². The number of amides is 1. The van der Waals surface area contributed by atoms with Crippen molar-refractivity contribution in [3.05, 3.63) is 33.3 Å². The van der Waals surface area contributed by atoms with Crippen LogP contribution < -0.4 is 10.6 Å². The smallest absolute Gasteiger partial charge is 0.251 e. The summed E-state index contributed by atoms with van der Waals surface area (Å²) in [6.07, 6.45) is 1.10. The van der Waals surface area contributed by atoms with Crippen LogP contribution in [0.4, 0.5) is 0 Å². The van der Waals surface area contributed by atoms with Crippen LogP contribution in [0.25, 0.3) is 0 Å². The number of halogens is 2. The maximum atomic E-state index is 11.7. The highest BCUT2D eigenvalue weighted by Gasteiger charge is 2.06. The first kappa shape index (κ1) is 14.5. The fourth-order valence-corrected chi connectivity index (χ4v) is 1.80. The molecule has 2 N–H and O–H groups in total. The van der Waals surface area contributed by atoms with Gasteiger partial charge in [0.15, 0.2) is 0 Å². The molecule has 0 aliphatic rings. The molecule has 0 radical (unpaired) electrons. The zero-order chi connectivity index (χ0) is 12.7. The van der Waals surface area contributed by atoms with Crippen molar-refractivity contribution in [2.75, 3.05) is 19.6 Å². The Morgan fingerprint density at radius 3 is 2.76 bits per heavy atom.